The monoisotopic (exact) mass is 366 g/mol. The molecule has 27 heavy (non-hydrogen) atoms. The highest BCUT2D eigenvalue weighted by molar-refractivity contribution is 6.10. The molecule has 0 heterocycles. The summed E-state index contributed by atoms with van der Waals surface area (Å²) in [4.78, 5) is 36.4. The first-order valence-electron chi connectivity index (χ1n) is 8.87. The summed E-state index contributed by atoms with van der Waals surface area (Å²) in [6.45, 7) is 3.54. The lowest BCUT2D eigenvalue weighted by Gasteiger charge is -2.12. The van der Waals surface area contributed by atoms with Gasteiger partial charge in [0.25, 0.3) is 11.8 Å². The van der Waals surface area contributed by atoms with E-state index in [0.29, 0.717) is 22.9 Å². The summed E-state index contributed by atoms with van der Waals surface area (Å²) in [5.74, 6) is -0.923. The number of anilines is 2. The first-order valence-corrected chi connectivity index (χ1v) is 8.87. The maximum absolute atomic E-state index is 12.6. The largest absolute Gasteiger partial charge is 0.455 e. The minimum Gasteiger partial charge on any atom is -0.455 e. The van der Waals surface area contributed by atoms with Gasteiger partial charge < -0.3 is 15.4 Å². The van der Waals surface area contributed by atoms with Gasteiger partial charge in [-0.25, -0.2) is 0 Å². The second-order valence-corrected chi connectivity index (χ2v) is 6.84. The molecule has 0 aromatic heterocycles. The zero-order valence-electron chi connectivity index (χ0n) is 15.3. The highest BCUT2D eigenvalue weighted by Crippen LogP contribution is 2.38. The molecule has 0 unspecified atom stereocenters. The number of para-hydroxylation sites is 1. The van der Waals surface area contributed by atoms with Crippen LogP contribution in [0.2, 0.25) is 0 Å². The summed E-state index contributed by atoms with van der Waals surface area (Å²) < 4.78 is 5.03. The third kappa shape index (κ3) is 4.94. The van der Waals surface area contributed by atoms with E-state index in [4.69, 9.17) is 4.74 Å². The van der Waals surface area contributed by atoms with Crippen LogP contribution in [0.1, 0.15) is 29.3 Å². The molecule has 0 bridgehead atoms. The van der Waals surface area contributed by atoms with Crippen LogP contribution in [0.25, 0.3) is 0 Å². The number of amides is 2. The van der Waals surface area contributed by atoms with Gasteiger partial charge in [0.15, 0.2) is 6.61 Å². The summed E-state index contributed by atoms with van der Waals surface area (Å²) >= 11 is 0. The number of aryl methyl sites for hydroxylation is 1. The second-order valence-electron chi connectivity index (χ2n) is 6.84. The van der Waals surface area contributed by atoms with E-state index < -0.39 is 5.91 Å². The maximum atomic E-state index is 12.6. The van der Waals surface area contributed by atoms with Crippen molar-refractivity contribution in [2.45, 2.75) is 20.3 Å². The lowest BCUT2D eigenvalue weighted by molar-refractivity contribution is -0.148. The van der Waals surface area contributed by atoms with Crippen molar-refractivity contribution in [3.63, 3.8) is 0 Å². The maximum Gasteiger partial charge on any atom is 0.309 e. The van der Waals surface area contributed by atoms with E-state index >= 15 is 0 Å². The first-order chi connectivity index (χ1) is 12.9. The molecule has 2 amide bonds. The van der Waals surface area contributed by atoms with Crippen LogP contribution in [-0.2, 0) is 14.3 Å². The molecule has 0 spiro atoms. The molecule has 3 rings (SSSR count). The van der Waals surface area contributed by atoms with Crippen LogP contribution in [0.4, 0.5) is 11.4 Å². The van der Waals surface area contributed by atoms with Gasteiger partial charge in [-0.3, -0.25) is 14.4 Å². The van der Waals surface area contributed by atoms with E-state index in [9.17, 15) is 14.4 Å². The van der Waals surface area contributed by atoms with Gasteiger partial charge in [-0.15, -0.1) is 0 Å². The molecule has 1 aliphatic rings. The van der Waals surface area contributed by atoms with Crippen LogP contribution in [0.3, 0.4) is 0 Å². The molecular weight excluding hydrogens is 344 g/mol. The third-order valence-electron chi connectivity index (χ3n) is 4.48. The number of hydrogen-bond acceptors (Lipinski definition) is 4. The smallest absolute Gasteiger partial charge is 0.309 e. The van der Waals surface area contributed by atoms with Crippen molar-refractivity contribution in [1.82, 2.24) is 0 Å². The Hall–Kier alpha value is -3.15. The Morgan fingerprint density at radius 1 is 1.07 bits per heavy atom. The lowest BCUT2D eigenvalue weighted by atomic mass is 10.1. The van der Waals surface area contributed by atoms with Crippen LogP contribution < -0.4 is 10.6 Å². The molecule has 2 atom stereocenters. The third-order valence-corrected chi connectivity index (χ3v) is 4.48. The van der Waals surface area contributed by atoms with Gasteiger partial charge in [-0.05, 0) is 49.1 Å². The van der Waals surface area contributed by atoms with Crippen molar-refractivity contribution in [3.8, 4) is 0 Å². The fourth-order valence-electron chi connectivity index (χ4n) is 2.79. The quantitative estimate of drug-likeness (QED) is 0.768. The number of rotatable bonds is 6. The summed E-state index contributed by atoms with van der Waals surface area (Å²) in [7, 11) is 0. The minimum atomic E-state index is -0.479. The molecule has 2 N–H and O–H groups in total. The average molecular weight is 366 g/mol. The SMILES string of the molecule is Cc1cccc(NC(=O)c2ccccc2NC(=O)COC(=O)[C@@H]2C[C@H]2C)c1. The van der Waals surface area contributed by atoms with Crippen LogP contribution in [0.5, 0.6) is 0 Å². The molecule has 0 aliphatic heterocycles. The number of carbonyl (C=O) groups is 3. The normalized spacial score (nSPS) is 17.7. The van der Waals surface area contributed by atoms with Gasteiger partial charge in [0.05, 0.1) is 17.2 Å². The molecule has 1 saturated carbocycles. The van der Waals surface area contributed by atoms with E-state index in [-0.39, 0.29) is 24.4 Å². The predicted octanol–water partition coefficient (Wildman–Crippen LogP) is 3.39. The standard InChI is InChI=1S/C21H22N2O4/c1-13-6-5-7-15(10-13)22-20(25)16-8-3-4-9-18(16)23-19(24)12-27-21(26)17-11-14(17)2/h3-10,14,17H,11-12H2,1-2H3,(H,22,25)(H,23,24)/t14-,17-/m1/s1. The summed E-state index contributed by atoms with van der Waals surface area (Å²) in [5.41, 5.74) is 2.40. The molecular formula is C21H22N2O4. The topological polar surface area (TPSA) is 84.5 Å². The molecule has 6 nitrogen and oxygen atoms in total. The van der Waals surface area contributed by atoms with Gasteiger partial charge in [0.1, 0.15) is 0 Å². The van der Waals surface area contributed by atoms with Gasteiger partial charge >= 0.3 is 5.97 Å². The zero-order chi connectivity index (χ0) is 19.4. The van der Waals surface area contributed by atoms with Gasteiger partial charge in [0, 0.05) is 5.69 Å². The Balaban J connectivity index is 1.62. The molecule has 1 fully saturated rings. The number of ether oxygens (including phenoxy) is 1. The number of benzene rings is 2. The van der Waals surface area contributed by atoms with E-state index in [0.717, 1.165) is 12.0 Å². The lowest BCUT2D eigenvalue weighted by Crippen LogP contribution is -2.23. The van der Waals surface area contributed by atoms with Gasteiger partial charge in [0.2, 0.25) is 0 Å². The van der Waals surface area contributed by atoms with Crippen molar-refractivity contribution < 1.29 is 19.1 Å². The fraction of sp³-hybridized carbons (Fsp3) is 0.286. The van der Waals surface area contributed by atoms with Crippen molar-refractivity contribution in [2.75, 3.05) is 17.2 Å². The summed E-state index contributed by atoms with van der Waals surface area (Å²) in [6.07, 6.45) is 0.808. The summed E-state index contributed by atoms with van der Waals surface area (Å²) in [5, 5.41) is 5.45. The van der Waals surface area contributed by atoms with Crippen LogP contribution in [0.15, 0.2) is 48.5 Å². The minimum absolute atomic E-state index is 0.0924. The molecule has 2 aromatic carbocycles. The average Bonchev–Trinajstić information content (AvgIpc) is 3.37. The number of hydrogen-bond donors (Lipinski definition) is 2. The highest BCUT2D eigenvalue weighted by Gasteiger charge is 2.40. The Morgan fingerprint density at radius 3 is 2.52 bits per heavy atom. The first kappa shape index (κ1) is 18.6. The molecule has 2 aromatic rings. The van der Waals surface area contributed by atoms with Crippen molar-refractivity contribution in [3.05, 3.63) is 59.7 Å². The number of nitrogens with one attached hydrogen (secondary N) is 2. The zero-order valence-corrected chi connectivity index (χ0v) is 15.3. The predicted molar refractivity (Wildman–Crippen MR) is 102 cm³/mol. The Kier molecular flexibility index (Phi) is 5.54. The molecule has 6 heteroatoms. The Labute approximate surface area is 157 Å². The van der Waals surface area contributed by atoms with Crippen molar-refractivity contribution >= 4 is 29.2 Å². The van der Waals surface area contributed by atoms with E-state index in [1.165, 1.54) is 0 Å². The van der Waals surface area contributed by atoms with Crippen LogP contribution in [-0.4, -0.2) is 24.4 Å². The van der Waals surface area contributed by atoms with Crippen LogP contribution in [0, 0.1) is 18.8 Å². The Morgan fingerprint density at radius 2 is 1.81 bits per heavy atom. The van der Waals surface area contributed by atoms with E-state index in [2.05, 4.69) is 10.6 Å². The summed E-state index contributed by atoms with van der Waals surface area (Å²) in [6, 6.07) is 14.1. The van der Waals surface area contributed by atoms with E-state index in [1.54, 1.807) is 30.3 Å². The molecule has 0 saturated heterocycles. The van der Waals surface area contributed by atoms with Crippen molar-refractivity contribution in [2.24, 2.45) is 11.8 Å². The second kappa shape index (κ2) is 8.03. The Bertz CT molecular complexity index is 878. The number of carbonyl (C=O) groups excluding carboxylic acids is 3. The van der Waals surface area contributed by atoms with Gasteiger partial charge in [-0.2, -0.15) is 0 Å². The van der Waals surface area contributed by atoms with Gasteiger partial charge in [-0.1, -0.05) is 31.2 Å². The van der Waals surface area contributed by atoms with Crippen LogP contribution >= 0.6 is 0 Å². The molecule has 1 aliphatic carbocycles. The molecule has 140 valence electrons. The van der Waals surface area contributed by atoms with E-state index in [1.807, 2.05) is 32.0 Å². The molecule has 0 radical (unpaired) electrons. The number of esters is 1. The fourth-order valence-corrected chi connectivity index (χ4v) is 2.79. The highest BCUT2D eigenvalue weighted by atomic mass is 16.5. The van der Waals surface area contributed by atoms with Crippen molar-refractivity contribution in [1.29, 1.82) is 0 Å².